The van der Waals surface area contributed by atoms with Crippen LogP contribution in [-0.4, -0.2) is 11.7 Å². The van der Waals surface area contributed by atoms with Crippen molar-refractivity contribution in [3.8, 4) is 5.75 Å². The molecule has 25 heavy (non-hydrogen) atoms. The molecule has 0 aromatic heterocycles. The van der Waals surface area contributed by atoms with Crippen molar-refractivity contribution in [2.75, 3.05) is 11.9 Å². The third kappa shape index (κ3) is 4.13. The summed E-state index contributed by atoms with van der Waals surface area (Å²) in [7, 11) is 0. The lowest BCUT2D eigenvalue weighted by molar-refractivity contribution is 0.340. The molecule has 1 fully saturated rings. The van der Waals surface area contributed by atoms with Crippen molar-refractivity contribution in [3.63, 3.8) is 0 Å². The van der Waals surface area contributed by atoms with Crippen LogP contribution in [0.2, 0.25) is 0 Å². The predicted octanol–water partition coefficient (Wildman–Crippen LogP) is 5.15. The zero-order valence-corrected chi connectivity index (χ0v) is 15.8. The van der Waals surface area contributed by atoms with E-state index in [0.717, 1.165) is 24.3 Å². The normalized spacial score (nSPS) is 15.6. The molecule has 1 aliphatic rings. The summed E-state index contributed by atoms with van der Waals surface area (Å²) in [5, 5.41) is 7.62. The highest BCUT2D eigenvalue weighted by Crippen LogP contribution is 2.40. The third-order valence-corrected chi connectivity index (χ3v) is 5.08. The molecule has 3 rings (SSSR count). The summed E-state index contributed by atoms with van der Waals surface area (Å²) >= 11 is 5.63. The first-order chi connectivity index (χ1) is 12.1. The number of benzene rings is 2. The van der Waals surface area contributed by atoms with Gasteiger partial charge < -0.3 is 15.4 Å². The minimum absolute atomic E-state index is 0.0625. The Morgan fingerprint density at radius 3 is 2.60 bits per heavy atom. The average molecular weight is 355 g/mol. The second-order valence-corrected chi connectivity index (χ2v) is 7.05. The van der Waals surface area contributed by atoms with Crippen LogP contribution in [0.25, 0.3) is 0 Å². The standard InChI is InChI=1S/C21H26N2OS/c1-3-24-18-11-8-10-17(15-18)22-20(25)23-21(13-6-7-14-21)19-12-5-4-9-16(19)2/h4-5,8-12,15H,3,6-7,13-14H2,1-2H3,(H2,22,23,25). The van der Waals surface area contributed by atoms with Gasteiger partial charge in [-0.3, -0.25) is 0 Å². The quantitative estimate of drug-likeness (QED) is 0.728. The van der Waals surface area contributed by atoms with Gasteiger partial charge in [0.1, 0.15) is 5.75 Å². The van der Waals surface area contributed by atoms with Crippen LogP contribution in [-0.2, 0) is 5.54 Å². The summed E-state index contributed by atoms with van der Waals surface area (Å²) in [4.78, 5) is 0. The zero-order chi connectivity index (χ0) is 17.7. The van der Waals surface area contributed by atoms with Gasteiger partial charge in [0.2, 0.25) is 0 Å². The molecule has 2 aromatic carbocycles. The molecule has 0 heterocycles. The second-order valence-electron chi connectivity index (χ2n) is 6.64. The maximum atomic E-state index is 5.63. The van der Waals surface area contributed by atoms with Gasteiger partial charge >= 0.3 is 0 Å². The predicted molar refractivity (Wildman–Crippen MR) is 108 cm³/mol. The van der Waals surface area contributed by atoms with Crippen molar-refractivity contribution in [2.24, 2.45) is 0 Å². The van der Waals surface area contributed by atoms with Crippen LogP contribution >= 0.6 is 12.2 Å². The summed E-state index contributed by atoms with van der Waals surface area (Å²) in [6, 6.07) is 16.5. The molecule has 1 saturated carbocycles. The number of anilines is 1. The number of hydrogen-bond acceptors (Lipinski definition) is 2. The number of hydrogen-bond donors (Lipinski definition) is 2. The van der Waals surface area contributed by atoms with E-state index in [-0.39, 0.29) is 5.54 Å². The van der Waals surface area contributed by atoms with Crippen molar-refractivity contribution in [3.05, 3.63) is 59.7 Å². The molecular formula is C21H26N2OS. The Bertz CT molecular complexity index is 738. The first kappa shape index (κ1) is 17.7. The molecule has 0 aliphatic heterocycles. The lowest BCUT2D eigenvalue weighted by Gasteiger charge is -2.33. The summed E-state index contributed by atoms with van der Waals surface area (Å²) in [5.41, 5.74) is 3.56. The Morgan fingerprint density at radius 1 is 1.12 bits per heavy atom. The molecular weight excluding hydrogens is 328 g/mol. The molecule has 4 heteroatoms. The highest BCUT2D eigenvalue weighted by atomic mass is 32.1. The molecule has 0 atom stereocenters. The average Bonchev–Trinajstić information content (AvgIpc) is 3.05. The van der Waals surface area contributed by atoms with Crippen LogP contribution < -0.4 is 15.4 Å². The molecule has 3 nitrogen and oxygen atoms in total. The number of ether oxygens (including phenoxy) is 1. The van der Waals surface area contributed by atoms with Crippen molar-refractivity contribution < 1.29 is 4.74 Å². The first-order valence-corrected chi connectivity index (χ1v) is 9.42. The highest BCUT2D eigenvalue weighted by Gasteiger charge is 2.37. The van der Waals surface area contributed by atoms with E-state index in [1.165, 1.54) is 24.0 Å². The SMILES string of the molecule is CCOc1cccc(NC(=S)NC2(c3ccccc3C)CCCC2)c1. The fraction of sp³-hybridized carbons (Fsp3) is 0.381. The zero-order valence-electron chi connectivity index (χ0n) is 15.0. The van der Waals surface area contributed by atoms with Crippen molar-refractivity contribution in [2.45, 2.75) is 45.1 Å². The Balaban J connectivity index is 1.76. The molecule has 1 aliphatic carbocycles. The second kappa shape index (κ2) is 7.87. The number of aryl methyl sites for hydroxylation is 1. The number of rotatable bonds is 5. The lowest BCUT2D eigenvalue weighted by atomic mass is 9.85. The van der Waals surface area contributed by atoms with Gasteiger partial charge in [0, 0.05) is 11.8 Å². The summed E-state index contributed by atoms with van der Waals surface area (Å²) in [6.45, 7) is 4.82. The lowest BCUT2D eigenvalue weighted by Crippen LogP contribution is -2.46. The van der Waals surface area contributed by atoms with Gasteiger partial charge in [0.05, 0.1) is 12.1 Å². The van der Waals surface area contributed by atoms with Crippen LogP contribution in [0.15, 0.2) is 48.5 Å². The van der Waals surface area contributed by atoms with E-state index in [9.17, 15) is 0 Å². The third-order valence-electron chi connectivity index (χ3n) is 4.87. The van der Waals surface area contributed by atoms with E-state index < -0.39 is 0 Å². The number of nitrogens with one attached hydrogen (secondary N) is 2. The fourth-order valence-electron chi connectivity index (χ4n) is 3.76. The van der Waals surface area contributed by atoms with E-state index in [2.05, 4.69) is 41.8 Å². The van der Waals surface area contributed by atoms with Gasteiger partial charge in [-0.05, 0) is 62.2 Å². The Morgan fingerprint density at radius 2 is 1.88 bits per heavy atom. The Kier molecular flexibility index (Phi) is 5.59. The largest absolute Gasteiger partial charge is 0.494 e. The van der Waals surface area contributed by atoms with E-state index in [4.69, 9.17) is 17.0 Å². The van der Waals surface area contributed by atoms with Gasteiger partial charge in [-0.2, -0.15) is 0 Å². The monoisotopic (exact) mass is 354 g/mol. The van der Waals surface area contributed by atoms with Crippen molar-refractivity contribution >= 4 is 23.0 Å². The minimum atomic E-state index is -0.0625. The summed E-state index contributed by atoms with van der Waals surface area (Å²) in [5.74, 6) is 0.852. The maximum Gasteiger partial charge on any atom is 0.171 e. The van der Waals surface area contributed by atoms with E-state index >= 15 is 0 Å². The van der Waals surface area contributed by atoms with Crippen LogP contribution in [0, 0.1) is 6.92 Å². The molecule has 0 saturated heterocycles. The van der Waals surface area contributed by atoms with Crippen molar-refractivity contribution in [1.82, 2.24) is 5.32 Å². The summed E-state index contributed by atoms with van der Waals surface area (Å²) < 4.78 is 5.56. The molecule has 2 aromatic rings. The van der Waals surface area contributed by atoms with E-state index in [0.29, 0.717) is 11.7 Å². The van der Waals surface area contributed by atoms with E-state index in [1.54, 1.807) is 0 Å². The van der Waals surface area contributed by atoms with Gasteiger partial charge in [-0.25, -0.2) is 0 Å². The molecule has 132 valence electrons. The first-order valence-electron chi connectivity index (χ1n) is 9.01. The van der Waals surface area contributed by atoms with Crippen molar-refractivity contribution in [1.29, 1.82) is 0 Å². The molecule has 0 bridgehead atoms. The van der Waals surface area contributed by atoms with Crippen LogP contribution in [0.3, 0.4) is 0 Å². The van der Waals surface area contributed by atoms with Gasteiger partial charge in [0.25, 0.3) is 0 Å². The molecule has 0 radical (unpaired) electrons. The molecule has 0 unspecified atom stereocenters. The van der Waals surface area contributed by atoms with Gasteiger partial charge in [-0.1, -0.05) is 43.2 Å². The molecule has 2 N–H and O–H groups in total. The molecule has 0 spiro atoms. The smallest absolute Gasteiger partial charge is 0.171 e. The summed E-state index contributed by atoms with van der Waals surface area (Å²) in [6.07, 6.45) is 4.67. The minimum Gasteiger partial charge on any atom is -0.494 e. The highest BCUT2D eigenvalue weighted by molar-refractivity contribution is 7.80. The Labute approximate surface area is 155 Å². The molecule has 0 amide bonds. The topological polar surface area (TPSA) is 33.3 Å². The van der Waals surface area contributed by atoms with Crippen LogP contribution in [0.5, 0.6) is 5.75 Å². The Hall–Kier alpha value is -2.07. The van der Waals surface area contributed by atoms with Crippen LogP contribution in [0.1, 0.15) is 43.7 Å². The van der Waals surface area contributed by atoms with Gasteiger partial charge in [0.15, 0.2) is 5.11 Å². The van der Waals surface area contributed by atoms with E-state index in [1.807, 2.05) is 31.2 Å². The fourth-order valence-corrected chi connectivity index (χ4v) is 4.07. The maximum absolute atomic E-state index is 5.63. The van der Waals surface area contributed by atoms with Crippen LogP contribution in [0.4, 0.5) is 5.69 Å². The van der Waals surface area contributed by atoms with Gasteiger partial charge in [-0.15, -0.1) is 0 Å². The number of thiocarbonyl (C=S) groups is 1.